The van der Waals surface area contributed by atoms with Crippen LogP contribution in [0.25, 0.3) is 10.2 Å². The minimum absolute atomic E-state index is 0.0387. The molecule has 104 valence electrons. The Balaban J connectivity index is 2.18. The lowest BCUT2D eigenvalue weighted by molar-refractivity contribution is 0.0971. The van der Waals surface area contributed by atoms with E-state index in [1.54, 1.807) is 11.3 Å². The first-order valence-corrected chi connectivity index (χ1v) is 7.14. The number of hydrogen-bond donors (Lipinski definition) is 1. The maximum absolute atomic E-state index is 8.65. The van der Waals surface area contributed by atoms with Crippen molar-refractivity contribution in [1.29, 1.82) is 0 Å². The maximum Gasteiger partial charge on any atom is 0.225 e. The molecule has 2 aromatic heterocycles. The van der Waals surface area contributed by atoms with E-state index in [-0.39, 0.29) is 11.9 Å². The minimum atomic E-state index is 0.0387. The van der Waals surface area contributed by atoms with E-state index in [2.05, 4.69) is 16.0 Å². The van der Waals surface area contributed by atoms with Crippen molar-refractivity contribution in [3.63, 3.8) is 0 Å². The Morgan fingerprint density at radius 1 is 1.42 bits per heavy atom. The molecule has 2 heterocycles. The van der Waals surface area contributed by atoms with Gasteiger partial charge in [-0.1, -0.05) is 0 Å². The first-order valence-electron chi connectivity index (χ1n) is 5.95. The van der Waals surface area contributed by atoms with Gasteiger partial charge in [-0.3, -0.25) is 0 Å². The number of anilines is 1. The fourth-order valence-electron chi connectivity index (χ4n) is 1.77. The van der Waals surface area contributed by atoms with Crippen LogP contribution >= 0.6 is 22.9 Å². The molecule has 19 heavy (non-hydrogen) atoms. The maximum atomic E-state index is 8.65. The number of halogens is 1. The third kappa shape index (κ3) is 3.54. The summed E-state index contributed by atoms with van der Waals surface area (Å²) in [5.41, 5.74) is 0. The molecule has 0 aliphatic rings. The second kappa shape index (κ2) is 6.47. The summed E-state index contributed by atoms with van der Waals surface area (Å²) in [7, 11) is 1.94. The van der Waals surface area contributed by atoms with Gasteiger partial charge < -0.3 is 14.7 Å². The van der Waals surface area contributed by atoms with Crippen molar-refractivity contribution >= 4 is 39.0 Å². The molecule has 0 bridgehead atoms. The molecule has 0 fully saturated rings. The van der Waals surface area contributed by atoms with Gasteiger partial charge in [0.25, 0.3) is 0 Å². The molecule has 0 aliphatic carbocycles. The first kappa shape index (κ1) is 14.5. The molecule has 0 aliphatic heterocycles. The number of rotatable bonds is 6. The van der Waals surface area contributed by atoms with Gasteiger partial charge in [0.1, 0.15) is 10.6 Å². The van der Waals surface area contributed by atoms with E-state index in [1.165, 1.54) is 4.88 Å². The average molecular weight is 302 g/mol. The highest BCUT2D eigenvalue weighted by atomic mass is 35.5. The third-order valence-corrected chi connectivity index (χ3v) is 3.75. The van der Waals surface area contributed by atoms with Crippen LogP contribution in [0.5, 0.6) is 0 Å². The first-order chi connectivity index (χ1) is 9.11. The van der Waals surface area contributed by atoms with Gasteiger partial charge in [-0.2, -0.15) is 4.98 Å². The van der Waals surface area contributed by atoms with E-state index >= 15 is 0 Å². The molecule has 1 N–H and O–H groups in total. The topological polar surface area (TPSA) is 58.5 Å². The minimum Gasteiger partial charge on any atom is -0.394 e. The summed E-state index contributed by atoms with van der Waals surface area (Å²) >= 11 is 7.56. The SMILES string of the molecule is Cc1cc2c(N(C)CCOCCO)nc(Cl)nc2s1. The van der Waals surface area contributed by atoms with Crippen molar-refractivity contribution in [2.45, 2.75) is 6.92 Å². The number of likely N-dealkylation sites (N-methyl/N-ethyl adjacent to an activating group) is 1. The molecule has 2 aromatic rings. The molecule has 0 radical (unpaired) electrons. The van der Waals surface area contributed by atoms with Gasteiger partial charge in [0, 0.05) is 18.5 Å². The van der Waals surface area contributed by atoms with Crippen LogP contribution in [-0.4, -0.2) is 48.5 Å². The van der Waals surface area contributed by atoms with Crippen LogP contribution in [0, 0.1) is 6.92 Å². The molecule has 0 saturated carbocycles. The summed E-state index contributed by atoms with van der Waals surface area (Å²) in [6.07, 6.45) is 0. The standard InChI is InChI=1S/C12H16ClN3O2S/c1-8-7-9-10(14-12(13)15-11(9)19-8)16(2)3-5-18-6-4-17/h7,17H,3-6H2,1-2H3. The number of nitrogens with zero attached hydrogens (tertiary/aromatic N) is 3. The third-order valence-electron chi connectivity index (χ3n) is 2.64. The second-order valence-electron chi connectivity index (χ2n) is 4.15. The fraction of sp³-hybridized carbons (Fsp3) is 0.500. The van der Waals surface area contributed by atoms with Gasteiger partial charge in [0.05, 0.1) is 25.2 Å². The van der Waals surface area contributed by atoms with E-state index in [0.29, 0.717) is 19.8 Å². The zero-order valence-electron chi connectivity index (χ0n) is 10.9. The summed E-state index contributed by atoms with van der Waals surface area (Å²) in [5.74, 6) is 0.812. The van der Waals surface area contributed by atoms with Gasteiger partial charge in [-0.05, 0) is 24.6 Å². The molecule has 7 heteroatoms. The predicted molar refractivity (Wildman–Crippen MR) is 78.3 cm³/mol. The number of ether oxygens (including phenoxy) is 1. The second-order valence-corrected chi connectivity index (χ2v) is 5.72. The summed E-state index contributed by atoms with van der Waals surface area (Å²) in [6, 6.07) is 2.07. The van der Waals surface area contributed by atoms with Crippen LogP contribution in [-0.2, 0) is 4.74 Å². The lowest BCUT2D eigenvalue weighted by atomic mass is 10.3. The lowest BCUT2D eigenvalue weighted by Gasteiger charge is -2.18. The number of fused-ring (bicyclic) bond motifs is 1. The smallest absolute Gasteiger partial charge is 0.225 e. The lowest BCUT2D eigenvalue weighted by Crippen LogP contribution is -2.24. The Labute approximate surface area is 120 Å². The monoisotopic (exact) mass is 301 g/mol. The van der Waals surface area contributed by atoms with Crippen LogP contribution in [0.3, 0.4) is 0 Å². The van der Waals surface area contributed by atoms with E-state index in [1.807, 2.05) is 18.9 Å². The summed E-state index contributed by atoms with van der Waals surface area (Å²) in [6.45, 7) is 3.64. The highest BCUT2D eigenvalue weighted by Gasteiger charge is 2.13. The van der Waals surface area contributed by atoms with E-state index in [9.17, 15) is 0 Å². The van der Waals surface area contributed by atoms with Crippen molar-refractivity contribution in [2.24, 2.45) is 0 Å². The number of thiophene rings is 1. The Morgan fingerprint density at radius 2 is 2.21 bits per heavy atom. The van der Waals surface area contributed by atoms with Gasteiger partial charge in [0.2, 0.25) is 5.28 Å². The zero-order chi connectivity index (χ0) is 13.8. The summed E-state index contributed by atoms with van der Waals surface area (Å²) in [5, 5.41) is 9.92. The molecule has 0 aromatic carbocycles. The van der Waals surface area contributed by atoms with Crippen LogP contribution in [0.1, 0.15) is 4.88 Å². The number of hydrogen-bond acceptors (Lipinski definition) is 6. The summed E-state index contributed by atoms with van der Waals surface area (Å²) in [4.78, 5) is 12.6. The molecule has 5 nitrogen and oxygen atoms in total. The number of aromatic nitrogens is 2. The number of aliphatic hydroxyl groups is 1. The molecule has 0 saturated heterocycles. The molecule has 0 atom stereocenters. The van der Waals surface area contributed by atoms with Crippen LogP contribution in [0.15, 0.2) is 6.07 Å². The fourth-order valence-corrected chi connectivity index (χ4v) is 2.86. The molecule has 0 unspecified atom stereocenters. The van der Waals surface area contributed by atoms with Gasteiger partial charge in [0.15, 0.2) is 0 Å². The average Bonchev–Trinajstić information content (AvgIpc) is 2.73. The van der Waals surface area contributed by atoms with E-state index in [0.717, 1.165) is 16.0 Å². The van der Waals surface area contributed by atoms with E-state index in [4.69, 9.17) is 21.4 Å². The molecular weight excluding hydrogens is 286 g/mol. The highest BCUT2D eigenvalue weighted by Crippen LogP contribution is 2.30. The summed E-state index contributed by atoms with van der Waals surface area (Å²) < 4.78 is 5.26. The zero-order valence-corrected chi connectivity index (χ0v) is 12.5. The van der Waals surface area contributed by atoms with Crippen molar-refractivity contribution < 1.29 is 9.84 Å². The van der Waals surface area contributed by atoms with Crippen LogP contribution in [0.2, 0.25) is 5.28 Å². The van der Waals surface area contributed by atoms with Gasteiger partial charge in [-0.15, -0.1) is 11.3 Å². The van der Waals surface area contributed by atoms with Crippen LogP contribution in [0.4, 0.5) is 5.82 Å². The molecular formula is C12H16ClN3O2S. The van der Waals surface area contributed by atoms with Crippen molar-refractivity contribution in [1.82, 2.24) is 9.97 Å². The molecule has 2 rings (SSSR count). The Morgan fingerprint density at radius 3 is 2.95 bits per heavy atom. The van der Waals surface area contributed by atoms with E-state index < -0.39 is 0 Å². The van der Waals surface area contributed by atoms with Gasteiger partial charge >= 0.3 is 0 Å². The molecule has 0 amide bonds. The van der Waals surface area contributed by atoms with Crippen molar-refractivity contribution in [3.05, 3.63) is 16.2 Å². The normalized spacial score (nSPS) is 11.2. The Hall–Kier alpha value is -0.950. The quantitative estimate of drug-likeness (QED) is 0.654. The van der Waals surface area contributed by atoms with Crippen molar-refractivity contribution in [3.8, 4) is 0 Å². The largest absolute Gasteiger partial charge is 0.394 e. The number of aliphatic hydroxyl groups excluding tert-OH is 1. The van der Waals surface area contributed by atoms with Crippen LogP contribution < -0.4 is 4.90 Å². The van der Waals surface area contributed by atoms with Crippen molar-refractivity contribution in [2.75, 3.05) is 38.3 Å². The Kier molecular flexibility index (Phi) is 4.93. The highest BCUT2D eigenvalue weighted by molar-refractivity contribution is 7.18. The Bertz CT molecular complexity index is 561. The predicted octanol–water partition coefficient (Wildman–Crippen LogP) is 2.10. The number of aryl methyl sites for hydroxylation is 1. The van der Waals surface area contributed by atoms with Gasteiger partial charge in [-0.25, -0.2) is 4.98 Å². The molecule has 0 spiro atoms.